The van der Waals surface area contributed by atoms with Crippen LogP contribution in [0.25, 0.3) is 0 Å². The lowest BCUT2D eigenvalue weighted by Gasteiger charge is -2.42. The number of likely N-dealkylation sites (N-methyl/N-ethyl adjacent to an activating group) is 1. The molecule has 3 aliphatic heterocycles. The summed E-state index contributed by atoms with van der Waals surface area (Å²) in [7, 11) is 2.04. The molecule has 2 fully saturated rings. The van der Waals surface area contributed by atoms with Gasteiger partial charge in [-0.05, 0) is 7.05 Å². The van der Waals surface area contributed by atoms with Crippen LogP contribution in [0.1, 0.15) is 17.7 Å². The molecule has 22 heavy (non-hydrogen) atoms. The highest BCUT2D eigenvalue weighted by Gasteiger charge is 2.43. The van der Waals surface area contributed by atoms with Crippen molar-refractivity contribution in [2.24, 2.45) is 5.92 Å². The summed E-state index contributed by atoms with van der Waals surface area (Å²) in [4.78, 5) is 39.0. The van der Waals surface area contributed by atoms with Crippen LogP contribution in [-0.2, 0) is 22.7 Å². The van der Waals surface area contributed by atoms with Crippen molar-refractivity contribution in [3.8, 4) is 0 Å². The molecule has 7 nitrogen and oxygen atoms in total. The Labute approximate surface area is 128 Å². The number of hydrogen-bond acceptors (Lipinski definition) is 5. The summed E-state index contributed by atoms with van der Waals surface area (Å²) >= 11 is 0. The Morgan fingerprint density at radius 3 is 2.82 bits per heavy atom. The molecule has 0 aromatic carbocycles. The number of nitrogens with zero attached hydrogens (tertiary/aromatic N) is 5. The van der Waals surface area contributed by atoms with E-state index in [1.165, 1.54) is 6.33 Å². The predicted molar refractivity (Wildman–Crippen MR) is 77.4 cm³/mol. The number of hydrogen-bond donors (Lipinski definition) is 0. The van der Waals surface area contributed by atoms with Gasteiger partial charge in [0.05, 0.1) is 24.2 Å². The molecule has 1 unspecified atom stereocenters. The minimum absolute atomic E-state index is 0.0709. The third-order valence-electron chi connectivity index (χ3n) is 4.89. The summed E-state index contributed by atoms with van der Waals surface area (Å²) in [5, 5.41) is 0. The van der Waals surface area contributed by atoms with Crippen LogP contribution in [0, 0.1) is 5.92 Å². The van der Waals surface area contributed by atoms with E-state index in [0.29, 0.717) is 26.1 Å². The maximum Gasteiger partial charge on any atom is 0.228 e. The van der Waals surface area contributed by atoms with E-state index in [4.69, 9.17) is 0 Å². The molecule has 116 valence electrons. The predicted octanol–water partition coefficient (Wildman–Crippen LogP) is -0.519. The standard InChI is InChI=1S/C15H19N5O2/c1-18-6-12(7-18)20-5-10(2-14(20)21)15(22)19-4-11-3-16-9-17-13(11)8-19/h3,9-10,12H,2,4-8H2,1H3. The molecule has 2 saturated heterocycles. The van der Waals surface area contributed by atoms with E-state index in [2.05, 4.69) is 14.9 Å². The number of amides is 2. The molecule has 0 bridgehead atoms. The van der Waals surface area contributed by atoms with Crippen LogP contribution in [0.15, 0.2) is 12.5 Å². The molecule has 3 aliphatic rings. The lowest BCUT2D eigenvalue weighted by Crippen LogP contribution is -2.58. The Balaban J connectivity index is 1.41. The lowest BCUT2D eigenvalue weighted by molar-refractivity contribution is -0.136. The SMILES string of the molecule is CN1CC(N2CC(C(=O)N3Cc4cncnc4C3)CC2=O)C1. The molecular formula is C15H19N5O2. The van der Waals surface area contributed by atoms with E-state index in [0.717, 1.165) is 24.3 Å². The van der Waals surface area contributed by atoms with Gasteiger partial charge in [0.25, 0.3) is 0 Å². The highest BCUT2D eigenvalue weighted by Crippen LogP contribution is 2.28. The lowest BCUT2D eigenvalue weighted by atomic mass is 10.1. The van der Waals surface area contributed by atoms with Crippen molar-refractivity contribution in [3.63, 3.8) is 0 Å². The van der Waals surface area contributed by atoms with E-state index in [1.54, 1.807) is 11.1 Å². The van der Waals surface area contributed by atoms with Crippen molar-refractivity contribution in [1.82, 2.24) is 24.7 Å². The average Bonchev–Trinajstić information content (AvgIpc) is 3.06. The normalized spacial score (nSPS) is 25.5. The Hall–Kier alpha value is -2.02. The molecule has 2 amide bonds. The van der Waals surface area contributed by atoms with Crippen molar-refractivity contribution in [2.45, 2.75) is 25.6 Å². The zero-order valence-electron chi connectivity index (χ0n) is 12.6. The molecule has 7 heteroatoms. The van der Waals surface area contributed by atoms with Gasteiger partial charge in [-0.15, -0.1) is 0 Å². The number of aromatic nitrogens is 2. The topological polar surface area (TPSA) is 69.6 Å². The van der Waals surface area contributed by atoms with Crippen LogP contribution in [0.4, 0.5) is 0 Å². The van der Waals surface area contributed by atoms with E-state index in [1.807, 2.05) is 11.9 Å². The number of likely N-dealkylation sites (tertiary alicyclic amines) is 2. The number of fused-ring (bicyclic) bond motifs is 1. The van der Waals surface area contributed by atoms with E-state index in [-0.39, 0.29) is 23.8 Å². The average molecular weight is 301 g/mol. The fourth-order valence-corrected chi connectivity index (χ4v) is 3.63. The summed E-state index contributed by atoms with van der Waals surface area (Å²) in [6.45, 7) is 3.49. The Bertz CT molecular complexity index is 603. The van der Waals surface area contributed by atoms with Crippen molar-refractivity contribution in [1.29, 1.82) is 0 Å². The first-order valence-corrected chi connectivity index (χ1v) is 7.66. The van der Waals surface area contributed by atoms with Gasteiger partial charge in [-0.1, -0.05) is 0 Å². The quantitative estimate of drug-likeness (QED) is 0.735. The molecule has 1 aromatic rings. The van der Waals surface area contributed by atoms with Crippen LogP contribution in [0.2, 0.25) is 0 Å². The number of carbonyl (C=O) groups is 2. The third-order valence-corrected chi connectivity index (χ3v) is 4.89. The van der Waals surface area contributed by atoms with Gasteiger partial charge in [0.15, 0.2) is 0 Å². The van der Waals surface area contributed by atoms with E-state index < -0.39 is 0 Å². The zero-order valence-corrected chi connectivity index (χ0v) is 12.6. The smallest absolute Gasteiger partial charge is 0.228 e. The molecule has 0 N–H and O–H groups in total. The Morgan fingerprint density at radius 2 is 2.09 bits per heavy atom. The van der Waals surface area contributed by atoms with Crippen LogP contribution in [-0.4, -0.2) is 69.2 Å². The van der Waals surface area contributed by atoms with Gasteiger partial charge in [-0.3, -0.25) is 9.59 Å². The second-order valence-corrected chi connectivity index (χ2v) is 6.51. The molecular weight excluding hydrogens is 282 g/mol. The molecule has 0 aliphatic carbocycles. The van der Waals surface area contributed by atoms with Crippen LogP contribution >= 0.6 is 0 Å². The van der Waals surface area contributed by atoms with Crippen molar-refractivity contribution >= 4 is 11.8 Å². The van der Waals surface area contributed by atoms with Gasteiger partial charge in [-0.25, -0.2) is 9.97 Å². The van der Waals surface area contributed by atoms with E-state index >= 15 is 0 Å². The van der Waals surface area contributed by atoms with Crippen molar-refractivity contribution in [2.75, 3.05) is 26.7 Å². The van der Waals surface area contributed by atoms with Gasteiger partial charge in [0, 0.05) is 44.4 Å². The van der Waals surface area contributed by atoms with Gasteiger partial charge >= 0.3 is 0 Å². The van der Waals surface area contributed by atoms with Gasteiger partial charge in [0.2, 0.25) is 11.8 Å². The minimum Gasteiger partial charge on any atom is -0.336 e. The van der Waals surface area contributed by atoms with Crippen LogP contribution in [0.5, 0.6) is 0 Å². The first kappa shape index (κ1) is 13.6. The van der Waals surface area contributed by atoms with Crippen molar-refractivity contribution in [3.05, 3.63) is 23.8 Å². The summed E-state index contributed by atoms with van der Waals surface area (Å²) in [5.74, 6) is -0.0184. The van der Waals surface area contributed by atoms with Crippen molar-refractivity contribution < 1.29 is 9.59 Å². The Kier molecular flexibility index (Phi) is 3.11. The Morgan fingerprint density at radius 1 is 1.27 bits per heavy atom. The highest BCUT2D eigenvalue weighted by molar-refractivity contribution is 5.89. The van der Waals surface area contributed by atoms with Gasteiger partial charge in [0.1, 0.15) is 6.33 Å². The number of carbonyl (C=O) groups excluding carboxylic acids is 2. The molecule has 4 heterocycles. The second kappa shape index (κ2) is 5.01. The summed E-state index contributed by atoms with van der Waals surface area (Å²) in [5.41, 5.74) is 1.93. The fourth-order valence-electron chi connectivity index (χ4n) is 3.63. The number of rotatable bonds is 2. The van der Waals surface area contributed by atoms with Crippen LogP contribution < -0.4 is 0 Å². The molecule has 1 aromatic heterocycles. The van der Waals surface area contributed by atoms with Gasteiger partial charge < -0.3 is 14.7 Å². The maximum atomic E-state index is 12.7. The first-order chi connectivity index (χ1) is 10.6. The molecule has 0 saturated carbocycles. The summed E-state index contributed by atoms with van der Waals surface area (Å²) in [6, 6.07) is 0.289. The van der Waals surface area contributed by atoms with Crippen LogP contribution in [0.3, 0.4) is 0 Å². The molecule has 4 rings (SSSR count). The largest absolute Gasteiger partial charge is 0.336 e. The summed E-state index contributed by atoms with van der Waals surface area (Å²) < 4.78 is 0. The highest BCUT2D eigenvalue weighted by atomic mass is 16.2. The first-order valence-electron chi connectivity index (χ1n) is 7.66. The molecule has 0 spiro atoms. The molecule has 0 radical (unpaired) electrons. The second-order valence-electron chi connectivity index (χ2n) is 6.51. The fraction of sp³-hybridized carbons (Fsp3) is 0.600. The molecule has 1 atom stereocenters. The monoisotopic (exact) mass is 301 g/mol. The third kappa shape index (κ3) is 2.16. The minimum atomic E-state index is -0.208. The summed E-state index contributed by atoms with van der Waals surface area (Å²) in [6.07, 6.45) is 3.63. The maximum absolute atomic E-state index is 12.7. The van der Waals surface area contributed by atoms with Gasteiger partial charge in [-0.2, -0.15) is 0 Å². The zero-order chi connectivity index (χ0) is 15.3. The van der Waals surface area contributed by atoms with E-state index in [9.17, 15) is 9.59 Å².